The van der Waals surface area contributed by atoms with Gasteiger partial charge >= 0.3 is 0 Å². The van der Waals surface area contributed by atoms with Gasteiger partial charge in [-0.25, -0.2) is 0 Å². The summed E-state index contributed by atoms with van der Waals surface area (Å²) in [6.45, 7) is 0. The lowest BCUT2D eigenvalue weighted by atomic mass is 9.91. The van der Waals surface area contributed by atoms with Gasteiger partial charge in [-0.05, 0) is 24.3 Å². The van der Waals surface area contributed by atoms with E-state index in [-0.39, 0.29) is 6.10 Å². The van der Waals surface area contributed by atoms with E-state index in [1.807, 2.05) is 0 Å². The van der Waals surface area contributed by atoms with Gasteiger partial charge in [0.25, 0.3) is 0 Å². The normalized spacial score (nSPS) is 19.7. The molecule has 0 fully saturated rings. The lowest BCUT2D eigenvalue weighted by molar-refractivity contribution is 0.271. The highest BCUT2D eigenvalue weighted by atomic mass is 16.5. The molecule has 3 heteroatoms. The topological polar surface area (TPSA) is 29.9 Å². The number of nitrogens with zero attached hydrogens (tertiary/aromatic N) is 1. The summed E-state index contributed by atoms with van der Waals surface area (Å²) in [6.07, 6.45) is 10.8. The van der Waals surface area contributed by atoms with Crippen molar-refractivity contribution >= 4 is 32.7 Å². The molecule has 1 aliphatic carbocycles. The zero-order chi connectivity index (χ0) is 18.9. The molecule has 1 N–H and O–H groups in total. The minimum absolute atomic E-state index is 0.0933. The third kappa shape index (κ3) is 1.92. The quantitative estimate of drug-likeness (QED) is 0.370. The molecule has 1 aliphatic heterocycles. The summed E-state index contributed by atoms with van der Waals surface area (Å²) in [5.41, 5.74) is 5.98. The molecule has 138 valence electrons. The number of allylic oxidation sites excluding steroid dienone is 2. The van der Waals surface area contributed by atoms with Crippen molar-refractivity contribution in [3.8, 4) is 11.4 Å². The predicted octanol–water partition coefficient (Wildman–Crippen LogP) is 6.24. The van der Waals surface area contributed by atoms with Crippen LogP contribution in [0, 0.1) is 0 Å². The Balaban J connectivity index is 1.62. The second kappa shape index (κ2) is 5.42. The fraction of sp³-hybridized carbons (Fsp3) is 0.0769. The lowest BCUT2D eigenvalue weighted by Crippen LogP contribution is -2.15. The first kappa shape index (κ1) is 15.2. The Labute approximate surface area is 167 Å². The van der Waals surface area contributed by atoms with Crippen LogP contribution >= 0.6 is 0 Å². The Hall–Kier alpha value is -3.72. The first-order valence-corrected chi connectivity index (χ1v) is 10.0. The van der Waals surface area contributed by atoms with E-state index in [1.165, 1.54) is 38.4 Å². The van der Waals surface area contributed by atoms with E-state index in [0.29, 0.717) is 5.92 Å². The van der Waals surface area contributed by atoms with Crippen LogP contribution in [-0.4, -0.2) is 15.7 Å². The Kier molecular flexibility index (Phi) is 2.85. The van der Waals surface area contributed by atoms with Crippen LogP contribution in [0.25, 0.3) is 38.4 Å². The molecule has 0 amide bonds. The van der Waals surface area contributed by atoms with Crippen LogP contribution in [-0.2, 0) is 0 Å². The van der Waals surface area contributed by atoms with Crippen molar-refractivity contribution < 1.29 is 4.74 Å². The molecule has 3 nitrogen and oxygen atoms in total. The maximum atomic E-state index is 6.49. The van der Waals surface area contributed by atoms with Gasteiger partial charge in [0.15, 0.2) is 0 Å². The zero-order valence-corrected chi connectivity index (χ0v) is 15.7. The van der Waals surface area contributed by atoms with E-state index in [1.54, 1.807) is 0 Å². The molecule has 29 heavy (non-hydrogen) atoms. The van der Waals surface area contributed by atoms with E-state index in [0.717, 1.165) is 11.3 Å². The highest BCUT2D eigenvalue weighted by molar-refractivity contribution is 6.14. The summed E-state index contributed by atoms with van der Waals surface area (Å²) in [5.74, 6) is 1.33. The maximum absolute atomic E-state index is 6.49. The molecule has 3 aromatic carbocycles. The molecule has 0 radical (unpaired) electrons. The first-order valence-electron chi connectivity index (χ1n) is 10.0. The van der Waals surface area contributed by atoms with Gasteiger partial charge in [0.2, 0.25) is 0 Å². The van der Waals surface area contributed by atoms with Crippen molar-refractivity contribution in [2.45, 2.75) is 12.0 Å². The second-order valence-electron chi connectivity index (χ2n) is 7.83. The summed E-state index contributed by atoms with van der Waals surface area (Å²) in [4.78, 5) is 3.43. The van der Waals surface area contributed by atoms with Crippen molar-refractivity contribution in [2.75, 3.05) is 0 Å². The summed E-state index contributed by atoms with van der Waals surface area (Å²) >= 11 is 0. The molecule has 0 saturated heterocycles. The average molecular weight is 374 g/mol. The number of ether oxygens (including phenoxy) is 1. The highest BCUT2D eigenvalue weighted by Crippen LogP contribution is 2.48. The molecule has 2 unspecified atom stereocenters. The standard InChI is InChI=1S/C26H18N2O/c1-4-10-20-18(8-1)23(15-27-20)28-21-11-5-2-9-19(21)25-22(28)14-13-17-16-7-3-6-12-24(16)29-26(17)25/h1-16,24,27H. The van der Waals surface area contributed by atoms with E-state index in [2.05, 4.69) is 101 Å². The zero-order valence-electron chi connectivity index (χ0n) is 15.7. The van der Waals surface area contributed by atoms with Gasteiger partial charge in [0, 0.05) is 34.0 Å². The van der Waals surface area contributed by atoms with Crippen LogP contribution < -0.4 is 4.74 Å². The van der Waals surface area contributed by atoms with Crippen molar-refractivity contribution in [1.82, 2.24) is 9.55 Å². The van der Waals surface area contributed by atoms with E-state index < -0.39 is 0 Å². The largest absolute Gasteiger partial charge is 0.484 e. The smallest absolute Gasteiger partial charge is 0.134 e. The van der Waals surface area contributed by atoms with Crippen LogP contribution in [0.5, 0.6) is 5.75 Å². The minimum Gasteiger partial charge on any atom is -0.484 e. The number of H-pyrrole nitrogens is 1. The number of aromatic nitrogens is 2. The highest BCUT2D eigenvalue weighted by Gasteiger charge is 2.34. The molecular weight excluding hydrogens is 356 g/mol. The monoisotopic (exact) mass is 374 g/mol. The Morgan fingerprint density at radius 2 is 1.62 bits per heavy atom. The number of aromatic amines is 1. The molecule has 2 aromatic heterocycles. The van der Waals surface area contributed by atoms with Gasteiger partial charge in [0.05, 0.1) is 22.1 Å². The minimum atomic E-state index is 0.0933. The number of nitrogens with one attached hydrogen (secondary N) is 1. The van der Waals surface area contributed by atoms with E-state index in [4.69, 9.17) is 4.74 Å². The summed E-state index contributed by atoms with van der Waals surface area (Å²) in [6, 6.07) is 21.6. The van der Waals surface area contributed by atoms with Gasteiger partial charge in [-0.15, -0.1) is 0 Å². The van der Waals surface area contributed by atoms with Gasteiger partial charge in [-0.1, -0.05) is 60.7 Å². The van der Waals surface area contributed by atoms with Crippen molar-refractivity contribution in [1.29, 1.82) is 0 Å². The summed E-state index contributed by atoms with van der Waals surface area (Å²) < 4.78 is 8.85. The Morgan fingerprint density at radius 1 is 0.793 bits per heavy atom. The molecule has 0 spiro atoms. The molecule has 3 heterocycles. The summed E-state index contributed by atoms with van der Waals surface area (Å²) in [7, 11) is 0. The van der Waals surface area contributed by atoms with Gasteiger partial charge < -0.3 is 14.3 Å². The van der Waals surface area contributed by atoms with Gasteiger partial charge in [-0.3, -0.25) is 0 Å². The third-order valence-electron chi connectivity index (χ3n) is 6.33. The van der Waals surface area contributed by atoms with Crippen molar-refractivity contribution in [2.24, 2.45) is 0 Å². The molecule has 5 aromatic rings. The van der Waals surface area contributed by atoms with Crippen LogP contribution in [0.15, 0.2) is 91.2 Å². The molecule has 7 rings (SSSR count). The van der Waals surface area contributed by atoms with Crippen LogP contribution in [0.1, 0.15) is 11.5 Å². The van der Waals surface area contributed by atoms with Crippen LogP contribution in [0.2, 0.25) is 0 Å². The Morgan fingerprint density at radius 3 is 2.59 bits per heavy atom. The lowest BCUT2D eigenvalue weighted by Gasteiger charge is -2.13. The number of benzene rings is 3. The number of hydrogen-bond acceptors (Lipinski definition) is 1. The van der Waals surface area contributed by atoms with Gasteiger partial charge in [0.1, 0.15) is 11.9 Å². The number of para-hydroxylation sites is 2. The Bertz CT molecular complexity index is 1500. The molecular formula is C26H18N2O. The van der Waals surface area contributed by atoms with Crippen LogP contribution in [0.4, 0.5) is 0 Å². The number of rotatable bonds is 1. The second-order valence-corrected chi connectivity index (χ2v) is 7.83. The van der Waals surface area contributed by atoms with Crippen molar-refractivity contribution in [3.05, 3.63) is 96.7 Å². The fourth-order valence-corrected chi connectivity index (χ4v) is 5.05. The molecule has 0 saturated carbocycles. The number of fused-ring (bicyclic) bond motifs is 8. The van der Waals surface area contributed by atoms with Gasteiger partial charge in [-0.2, -0.15) is 0 Å². The van der Waals surface area contributed by atoms with Crippen molar-refractivity contribution in [3.63, 3.8) is 0 Å². The third-order valence-corrected chi connectivity index (χ3v) is 6.33. The predicted molar refractivity (Wildman–Crippen MR) is 118 cm³/mol. The molecule has 0 bridgehead atoms. The molecule has 2 atom stereocenters. The average Bonchev–Trinajstić information content (AvgIpc) is 3.44. The SMILES string of the molecule is C1=CC2Oc3c(ccc4c3c3ccccc3n4-c3c[nH]c4ccccc34)C2C=C1. The fourth-order valence-electron chi connectivity index (χ4n) is 5.05. The maximum Gasteiger partial charge on any atom is 0.134 e. The number of hydrogen-bond donors (Lipinski definition) is 1. The van der Waals surface area contributed by atoms with Crippen LogP contribution in [0.3, 0.4) is 0 Å². The first-order chi connectivity index (χ1) is 14.4. The molecule has 2 aliphatic rings. The van der Waals surface area contributed by atoms with E-state index >= 15 is 0 Å². The van der Waals surface area contributed by atoms with E-state index in [9.17, 15) is 0 Å². The summed E-state index contributed by atoms with van der Waals surface area (Å²) in [5, 5.41) is 3.66.